The van der Waals surface area contributed by atoms with Crippen molar-refractivity contribution in [3.63, 3.8) is 0 Å². The summed E-state index contributed by atoms with van der Waals surface area (Å²) in [6.45, 7) is 6.04. The van der Waals surface area contributed by atoms with Crippen LogP contribution in [0.3, 0.4) is 0 Å². The second kappa shape index (κ2) is 6.43. The number of allylic oxidation sites excluding steroid dienone is 1. The highest BCUT2D eigenvalue weighted by molar-refractivity contribution is 6.33. The van der Waals surface area contributed by atoms with Crippen molar-refractivity contribution in [2.24, 2.45) is 0 Å². The Hall–Kier alpha value is -2.32. The molecule has 23 heavy (non-hydrogen) atoms. The van der Waals surface area contributed by atoms with Crippen molar-refractivity contribution < 1.29 is 0 Å². The van der Waals surface area contributed by atoms with Gasteiger partial charge >= 0.3 is 0 Å². The maximum atomic E-state index is 6.57. The monoisotopic (exact) mass is 322 g/mol. The molecule has 0 saturated carbocycles. The van der Waals surface area contributed by atoms with Gasteiger partial charge in [-0.15, -0.1) is 0 Å². The topological polar surface area (TPSA) is 17.8 Å². The first-order valence-corrected chi connectivity index (χ1v) is 8.04. The summed E-state index contributed by atoms with van der Waals surface area (Å²) in [6, 6.07) is 18.6. The standard InChI is InChI=1S/C20H19ClN2/c1-4-18(16-8-6-5-7-9-16)23-20(19(21)15(3)22-23)17-12-10-14(2)11-13-17/h4-13H,1-3H3/b18-4-. The zero-order chi connectivity index (χ0) is 16.4. The third kappa shape index (κ3) is 2.95. The van der Waals surface area contributed by atoms with E-state index in [0.29, 0.717) is 5.02 Å². The zero-order valence-corrected chi connectivity index (χ0v) is 14.3. The Labute approximate surface area is 142 Å². The molecule has 0 aliphatic carbocycles. The molecule has 3 rings (SSSR count). The van der Waals surface area contributed by atoms with Crippen molar-refractivity contribution in [1.82, 2.24) is 9.78 Å². The summed E-state index contributed by atoms with van der Waals surface area (Å²) in [5, 5.41) is 5.37. The summed E-state index contributed by atoms with van der Waals surface area (Å²) in [7, 11) is 0. The van der Waals surface area contributed by atoms with E-state index in [9.17, 15) is 0 Å². The van der Waals surface area contributed by atoms with Crippen LogP contribution in [-0.2, 0) is 0 Å². The molecule has 1 heterocycles. The largest absolute Gasteiger partial charge is 0.231 e. The average Bonchev–Trinajstić information content (AvgIpc) is 2.85. The number of aromatic nitrogens is 2. The predicted octanol–water partition coefficient (Wildman–Crippen LogP) is 5.73. The molecular formula is C20H19ClN2. The van der Waals surface area contributed by atoms with Gasteiger partial charge in [-0.3, -0.25) is 0 Å². The summed E-state index contributed by atoms with van der Waals surface area (Å²) in [4.78, 5) is 0. The predicted molar refractivity (Wildman–Crippen MR) is 97.6 cm³/mol. The first kappa shape index (κ1) is 15.6. The lowest BCUT2D eigenvalue weighted by Crippen LogP contribution is -2.03. The molecule has 0 spiro atoms. The average molecular weight is 323 g/mol. The lowest BCUT2D eigenvalue weighted by atomic mass is 10.1. The smallest absolute Gasteiger partial charge is 0.0930 e. The van der Waals surface area contributed by atoms with Gasteiger partial charge in [-0.25, -0.2) is 4.68 Å². The lowest BCUT2D eigenvalue weighted by molar-refractivity contribution is 0.889. The fraction of sp³-hybridized carbons (Fsp3) is 0.150. The van der Waals surface area contributed by atoms with Crippen LogP contribution in [0, 0.1) is 13.8 Å². The molecule has 0 fully saturated rings. The molecule has 116 valence electrons. The van der Waals surface area contributed by atoms with Crippen molar-refractivity contribution in [3.05, 3.63) is 82.5 Å². The first-order chi connectivity index (χ1) is 11.1. The Balaban J connectivity index is 2.20. The van der Waals surface area contributed by atoms with E-state index < -0.39 is 0 Å². The molecule has 0 saturated heterocycles. The van der Waals surface area contributed by atoms with Gasteiger partial charge in [0.2, 0.25) is 0 Å². The molecule has 0 atom stereocenters. The lowest BCUT2D eigenvalue weighted by Gasteiger charge is -2.12. The fourth-order valence-corrected chi connectivity index (χ4v) is 2.89. The van der Waals surface area contributed by atoms with E-state index in [1.54, 1.807) is 0 Å². The Morgan fingerprint density at radius 1 is 1.00 bits per heavy atom. The Morgan fingerprint density at radius 3 is 2.26 bits per heavy atom. The molecule has 0 radical (unpaired) electrons. The second-order valence-electron chi connectivity index (χ2n) is 5.57. The van der Waals surface area contributed by atoms with Crippen LogP contribution in [0.2, 0.25) is 5.02 Å². The van der Waals surface area contributed by atoms with E-state index in [1.807, 2.05) is 36.7 Å². The number of hydrogen-bond donors (Lipinski definition) is 0. The molecule has 1 aromatic heterocycles. The Morgan fingerprint density at radius 2 is 1.65 bits per heavy atom. The highest BCUT2D eigenvalue weighted by Crippen LogP contribution is 2.34. The van der Waals surface area contributed by atoms with E-state index in [4.69, 9.17) is 11.6 Å². The van der Waals surface area contributed by atoms with Gasteiger partial charge in [0.15, 0.2) is 0 Å². The van der Waals surface area contributed by atoms with Gasteiger partial charge in [0.25, 0.3) is 0 Å². The van der Waals surface area contributed by atoms with Crippen molar-refractivity contribution in [2.75, 3.05) is 0 Å². The number of nitrogens with zero attached hydrogens (tertiary/aromatic N) is 2. The van der Waals surface area contributed by atoms with E-state index in [-0.39, 0.29) is 0 Å². The minimum absolute atomic E-state index is 0.698. The molecule has 3 aromatic rings. The SMILES string of the molecule is C/C=C(/c1ccccc1)n1nc(C)c(Cl)c1-c1ccc(C)cc1. The molecule has 0 aliphatic heterocycles. The maximum absolute atomic E-state index is 6.57. The minimum atomic E-state index is 0.698. The van der Waals surface area contributed by atoms with E-state index in [0.717, 1.165) is 28.2 Å². The van der Waals surface area contributed by atoms with Crippen LogP contribution in [0.1, 0.15) is 23.7 Å². The molecule has 0 bridgehead atoms. The van der Waals surface area contributed by atoms with Crippen LogP contribution in [0.15, 0.2) is 60.7 Å². The summed E-state index contributed by atoms with van der Waals surface area (Å²) in [6.07, 6.45) is 2.07. The molecule has 0 unspecified atom stereocenters. The van der Waals surface area contributed by atoms with Gasteiger partial charge in [0.05, 0.1) is 22.1 Å². The number of aryl methyl sites for hydroxylation is 2. The van der Waals surface area contributed by atoms with Gasteiger partial charge in [0.1, 0.15) is 0 Å². The van der Waals surface area contributed by atoms with Crippen molar-refractivity contribution in [3.8, 4) is 11.3 Å². The highest BCUT2D eigenvalue weighted by Gasteiger charge is 2.18. The number of halogens is 1. The second-order valence-corrected chi connectivity index (χ2v) is 5.94. The zero-order valence-electron chi connectivity index (χ0n) is 13.5. The van der Waals surface area contributed by atoms with Gasteiger partial charge in [-0.05, 0) is 26.3 Å². The molecule has 3 heteroatoms. The Bertz CT molecular complexity index is 843. The summed E-state index contributed by atoms with van der Waals surface area (Å²) in [5.41, 5.74) is 6.19. The van der Waals surface area contributed by atoms with Crippen molar-refractivity contribution >= 4 is 17.3 Å². The summed E-state index contributed by atoms with van der Waals surface area (Å²) >= 11 is 6.57. The third-order valence-electron chi connectivity index (χ3n) is 3.88. The normalized spacial score (nSPS) is 11.7. The van der Waals surface area contributed by atoms with Crippen LogP contribution < -0.4 is 0 Å². The van der Waals surface area contributed by atoms with E-state index in [1.165, 1.54) is 5.56 Å². The van der Waals surface area contributed by atoms with Gasteiger partial charge in [-0.1, -0.05) is 77.8 Å². The van der Waals surface area contributed by atoms with Crippen LogP contribution in [0.4, 0.5) is 0 Å². The van der Waals surface area contributed by atoms with E-state index in [2.05, 4.69) is 54.5 Å². The minimum Gasteiger partial charge on any atom is -0.231 e. The van der Waals surface area contributed by atoms with Crippen molar-refractivity contribution in [2.45, 2.75) is 20.8 Å². The number of benzene rings is 2. The Kier molecular flexibility index (Phi) is 4.35. The quantitative estimate of drug-likeness (QED) is 0.602. The number of hydrogen-bond acceptors (Lipinski definition) is 1. The molecule has 0 amide bonds. The third-order valence-corrected chi connectivity index (χ3v) is 4.34. The highest BCUT2D eigenvalue weighted by atomic mass is 35.5. The number of rotatable bonds is 3. The van der Waals surface area contributed by atoms with Crippen LogP contribution >= 0.6 is 11.6 Å². The van der Waals surface area contributed by atoms with Gasteiger partial charge in [0, 0.05) is 5.56 Å². The molecule has 0 aliphatic rings. The van der Waals surface area contributed by atoms with Gasteiger partial charge < -0.3 is 0 Å². The van der Waals surface area contributed by atoms with E-state index >= 15 is 0 Å². The molecule has 0 N–H and O–H groups in total. The maximum Gasteiger partial charge on any atom is 0.0930 e. The van der Waals surface area contributed by atoms with Crippen LogP contribution in [0.25, 0.3) is 17.0 Å². The fourth-order valence-electron chi connectivity index (χ4n) is 2.66. The summed E-state index contributed by atoms with van der Waals surface area (Å²) < 4.78 is 1.94. The first-order valence-electron chi connectivity index (χ1n) is 7.66. The van der Waals surface area contributed by atoms with Crippen LogP contribution in [0.5, 0.6) is 0 Å². The van der Waals surface area contributed by atoms with Gasteiger partial charge in [-0.2, -0.15) is 5.10 Å². The van der Waals surface area contributed by atoms with Crippen LogP contribution in [-0.4, -0.2) is 9.78 Å². The van der Waals surface area contributed by atoms with Crippen molar-refractivity contribution in [1.29, 1.82) is 0 Å². The molecular weight excluding hydrogens is 304 g/mol. The molecule has 2 aromatic carbocycles. The summed E-state index contributed by atoms with van der Waals surface area (Å²) in [5.74, 6) is 0. The molecule has 2 nitrogen and oxygen atoms in total.